The molecule has 0 radical (unpaired) electrons. The van der Waals surface area contributed by atoms with Crippen molar-refractivity contribution in [3.8, 4) is 0 Å². The molecule has 1 unspecified atom stereocenters. The van der Waals surface area contributed by atoms with Crippen LogP contribution in [0.15, 0.2) is 219 Å². The molecule has 6 heteroatoms. The van der Waals surface area contributed by atoms with Crippen LogP contribution >= 0.6 is 0 Å². The van der Waals surface area contributed by atoms with Gasteiger partial charge in [0.25, 0.3) is 0 Å². The highest BCUT2D eigenvalue weighted by Crippen LogP contribution is 2.12. The monoisotopic (exact) mass is 1130 g/mol. The first-order chi connectivity index (χ1) is 41.0. The van der Waals surface area contributed by atoms with Crippen molar-refractivity contribution in [3.63, 3.8) is 0 Å². The van der Waals surface area contributed by atoms with E-state index in [-0.39, 0.29) is 50.4 Å². The number of rotatable bonds is 55. The lowest BCUT2D eigenvalue weighted by atomic mass is 10.1. The van der Waals surface area contributed by atoms with Gasteiger partial charge in [0.1, 0.15) is 13.2 Å². The van der Waals surface area contributed by atoms with Gasteiger partial charge in [0.05, 0.1) is 0 Å². The fourth-order valence-corrected chi connectivity index (χ4v) is 7.77. The number of unbranched alkanes of at least 4 members (excludes halogenated alkanes) is 8. The first-order valence-electron chi connectivity index (χ1n) is 32.2. The number of esters is 3. The largest absolute Gasteiger partial charge is 0.462 e. The van der Waals surface area contributed by atoms with E-state index in [1.54, 1.807) is 0 Å². The molecule has 458 valence electrons. The Morgan fingerprint density at radius 1 is 0.241 bits per heavy atom. The summed E-state index contributed by atoms with van der Waals surface area (Å²) in [5.74, 6) is -1.09. The Balaban J connectivity index is 4.49. The second-order valence-electron chi connectivity index (χ2n) is 20.2. The SMILES string of the molecule is CC/C=C\C/C=C\C/C=C\C/C=C\C/C=C\C/C=C\C/C=C\C/C=C\C/C=C\C/C=C\CCCCC(=O)OCC(COC(=O)CC/C=C\C/C=C\C/C=C\C/C=C\CC)OC(=O)CCCCCCCC/C=C\C/C=C\C/C=C\C/C=C\CC. The van der Waals surface area contributed by atoms with Gasteiger partial charge in [-0.05, 0) is 161 Å². The number of carbonyl (C=O) groups is 3. The van der Waals surface area contributed by atoms with Crippen molar-refractivity contribution >= 4 is 17.9 Å². The summed E-state index contributed by atoms with van der Waals surface area (Å²) in [6, 6.07) is 0. The molecule has 0 saturated heterocycles. The Morgan fingerprint density at radius 2 is 0.458 bits per heavy atom. The number of hydrogen-bond donors (Lipinski definition) is 0. The van der Waals surface area contributed by atoms with Crippen LogP contribution in [0.25, 0.3) is 0 Å². The van der Waals surface area contributed by atoms with Crippen molar-refractivity contribution in [2.45, 2.75) is 232 Å². The summed E-state index contributed by atoms with van der Waals surface area (Å²) < 4.78 is 16.8. The van der Waals surface area contributed by atoms with Crippen LogP contribution in [0.4, 0.5) is 0 Å². The highest BCUT2D eigenvalue weighted by atomic mass is 16.6. The second-order valence-corrected chi connectivity index (χ2v) is 20.2. The van der Waals surface area contributed by atoms with E-state index in [9.17, 15) is 14.4 Å². The number of ether oxygens (including phenoxy) is 3. The van der Waals surface area contributed by atoms with Crippen LogP contribution in [0, 0.1) is 0 Å². The van der Waals surface area contributed by atoms with Crippen molar-refractivity contribution in [1.29, 1.82) is 0 Å². The molecule has 0 fully saturated rings. The molecule has 83 heavy (non-hydrogen) atoms. The number of allylic oxidation sites excluding steroid dienone is 36. The van der Waals surface area contributed by atoms with Crippen LogP contribution in [0.3, 0.4) is 0 Å². The van der Waals surface area contributed by atoms with E-state index in [2.05, 4.69) is 227 Å². The third kappa shape index (κ3) is 66.4. The zero-order chi connectivity index (χ0) is 59.9. The first-order valence-corrected chi connectivity index (χ1v) is 32.2. The van der Waals surface area contributed by atoms with Crippen molar-refractivity contribution < 1.29 is 28.6 Å². The van der Waals surface area contributed by atoms with E-state index in [1.165, 1.54) is 12.8 Å². The molecule has 0 N–H and O–H groups in total. The minimum absolute atomic E-state index is 0.142. The van der Waals surface area contributed by atoms with E-state index >= 15 is 0 Å². The Hall–Kier alpha value is -6.27. The number of carbonyl (C=O) groups excluding carboxylic acids is 3. The highest BCUT2D eigenvalue weighted by molar-refractivity contribution is 5.71. The van der Waals surface area contributed by atoms with Gasteiger partial charge in [-0.15, -0.1) is 0 Å². The van der Waals surface area contributed by atoms with Crippen molar-refractivity contribution in [2.75, 3.05) is 13.2 Å². The molecule has 0 aromatic heterocycles. The summed E-state index contributed by atoms with van der Waals surface area (Å²) >= 11 is 0. The minimum atomic E-state index is -0.848. The molecule has 1 atom stereocenters. The van der Waals surface area contributed by atoms with Gasteiger partial charge in [-0.2, -0.15) is 0 Å². The van der Waals surface area contributed by atoms with E-state index in [0.29, 0.717) is 12.8 Å². The fourth-order valence-electron chi connectivity index (χ4n) is 7.77. The molecule has 0 bridgehead atoms. The zero-order valence-electron chi connectivity index (χ0n) is 52.4. The molecule has 0 heterocycles. The van der Waals surface area contributed by atoms with Crippen LogP contribution in [-0.2, 0) is 28.6 Å². The molecular formula is C77H114O6. The Morgan fingerprint density at radius 3 is 0.771 bits per heavy atom. The number of hydrogen-bond acceptors (Lipinski definition) is 6. The van der Waals surface area contributed by atoms with Gasteiger partial charge in [0.2, 0.25) is 0 Å². The van der Waals surface area contributed by atoms with E-state index in [4.69, 9.17) is 14.2 Å². The summed E-state index contributed by atoms with van der Waals surface area (Å²) in [5.41, 5.74) is 0. The first kappa shape index (κ1) is 76.7. The summed E-state index contributed by atoms with van der Waals surface area (Å²) in [4.78, 5) is 38.2. The van der Waals surface area contributed by atoms with Gasteiger partial charge in [0, 0.05) is 19.3 Å². The fraction of sp³-hybridized carbons (Fsp3) is 0.494. The summed E-state index contributed by atoms with van der Waals surface area (Å²) in [6.45, 7) is 6.16. The smallest absolute Gasteiger partial charge is 0.306 e. The van der Waals surface area contributed by atoms with Crippen molar-refractivity contribution in [1.82, 2.24) is 0 Å². The third-order valence-electron chi connectivity index (χ3n) is 12.5. The molecule has 0 aliphatic carbocycles. The Kier molecular flexibility index (Phi) is 63.1. The van der Waals surface area contributed by atoms with Gasteiger partial charge in [-0.3, -0.25) is 14.4 Å². The highest BCUT2D eigenvalue weighted by Gasteiger charge is 2.19. The van der Waals surface area contributed by atoms with Crippen LogP contribution in [0.1, 0.15) is 226 Å². The van der Waals surface area contributed by atoms with Gasteiger partial charge < -0.3 is 14.2 Å². The molecule has 0 aromatic rings. The van der Waals surface area contributed by atoms with Gasteiger partial charge in [-0.25, -0.2) is 0 Å². The Labute approximate surface area is 508 Å². The standard InChI is InChI=1S/C77H114O6/c1-4-7-10-13-16-19-22-25-27-29-31-32-33-34-35-36-37-38-39-40-41-42-43-44-46-47-49-52-55-58-61-64-67-70-76(79)82-73-74(72-81-75(78)69-66-63-60-57-54-51-24-21-18-15-12-9-6-3)83-77(80)71-68-65-62-59-56-53-50-48-45-30-28-26-23-20-17-14-11-8-5-2/h7-12,16-21,25-28,31-32,34-35,37-38,40-41,43-45,47-49,51,54-55,58,60,63,74H,4-6,13-15,22-24,29-30,33,36,39,42,46,50,52-53,56-57,59,61-62,64-73H2,1-3H3/b10-7-,11-8-,12-9-,19-16-,20-17-,21-18-,27-25-,28-26-,32-31-,35-34-,38-37-,41-40-,44-43-,48-45-,49-47-,54-51-,58-55-,63-60-. The van der Waals surface area contributed by atoms with E-state index < -0.39 is 6.10 Å². The quantitative estimate of drug-likeness (QED) is 0.0261. The van der Waals surface area contributed by atoms with Crippen LogP contribution < -0.4 is 0 Å². The molecule has 0 aromatic carbocycles. The topological polar surface area (TPSA) is 78.9 Å². The average Bonchev–Trinajstić information content (AvgIpc) is 3.49. The molecule has 6 nitrogen and oxygen atoms in total. The van der Waals surface area contributed by atoms with Gasteiger partial charge >= 0.3 is 17.9 Å². The zero-order valence-corrected chi connectivity index (χ0v) is 52.4. The maximum absolute atomic E-state index is 12.9. The van der Waals surface area contributed by atoms with Gasteiger partial charge in [0.15, 0.2) is 6.10 Å². The maximum Gasteiger partial charge on any atom is 0.306 e. The van der Waals surface area contributed by atoms with Crippen LogP contribution in [0.5, 0.6) is 0 Å². The predicted molar refractivity (Wildman–Crippen MR) is 361 cm³/mol. The minimum Gasteiger partial charge on any atom is -0.462 e. The third-order valence-corrected chi connectivity index (χ3v) is 12.5. The van der Waals surface area contributed by atoms with Gasteiger partial charge in [-0.1, -0.05) is 265 Å². The molecule has 0 rings (SSSR count). The molecule has 0 aliphatic rings. The lowest BCUT2D eigenvalue weighted by Crippen LogP contribution is -2.30. The molecule has 0 spiro atoms. The summed E-state index contributed by atoms with van der Waals surface area (Å²) in [5, 5.41) is 0. The second kappa shape index (κ2) is 68.2. The van der Waals surface area contributed by atoms with Crippen LogP contribution in [0.2, 0.25) is 0 Å². The van der Waals surface area contributed by atoms with Crippen molar-refractivity contribution in [3.05, 3.63) is 219 Å². The maximum atomic E-state index is 12.9. The lowest BCUT2D eigenvalue weighted by Gasteiger charge is -2.18. The van der Waals surface area contributed by atoms with Crippen LogP contribution in [-0.4, -0.2) is 37.2 Å². The van der Waals surface area contributed by atoms with E-state index in [0.717, 1.165) is 161 Å². The molecule has 0 aliphatic heterocycles. The Bertz CT molecular complexity index is 2080. The van der Waals surface area contributed by atoms with Crippen molar-refractivity contribution in [2.24, 2.45) is 0 Å². The average molecular weight is 1140 g/mol. The normalized spacial score (nSPS) is 13.6. The van der Waals surface area contributed by atoms with E-state index in [1.807, 2.05) is 12.2 Å². The summed E-state index contributed by atoms with van der Waals surface area (Å²) in [7, 11) is 0. The summed E-state index contributed by atoms with van der Waals surface area (Å²) in [6.07, 6.45) is 107. The molecule has 0 amide bonds. The molecular weight excluding hydrogens is 1020 g/mol. The lowest BCUT2D eigenvalue weighted by molar-refractivity contribution is -0.166. The predicted octanol–water partition coefficient (Wildman–Crippen LogP) is 22.5. The molecule has 0 saturated carbocycles.